The van der Waals surface area contributed by atoms with Crippen LogP contribution >= 0.6 is 0 Å². The van der Waals surface area contributed by atoms with E-state index in [0.29, 0.717) is 11.2 Å². The molecule has 0 saturated carbocycles. The highest BCUT2D eigenvalue weighted by molar-refractivity contribution is 6.39. The molecule has 3 aromatic rings. The monoisotopic (exact) mass is 425 g/mol. The van der Waals surface area contributed by atoms with Crippen molar-refractivity contribution in [2.45, 2.75) is 6.04 Å². The number of likely N-dealkylation sites (N-methyl/N-ethyl adjacent to an activating group) is 1. The third-order valence-electron chi connectivity index (χ3n) is 5.32. The van der Waals surface area contributed by atoms with Gasteiger partial charge in [0.1, 0.15) is 5.75 Å². The average molecular weight is 425 g/mol. The lowest BCUT2D eigenvalue weighted by molar-refractivity contribution is -0.136. The minimum absolute atomic E-state index is 0.113. The molecule has 2 N–H and O–H groups in total. The number of aryl methyl sites for hydroxylation is 2. The Morgan fingerprint density at radius 1 is 1.00 bits per heavy atom. The van der Waals surface area contributed by atoms with E-state index in [-0.39, 0.29) is 18.3 Å². The van der Waals surface area contributed by atoms with E-state index in [4.69, 9.17) is 4.74 Å². The summed E-state index contributed by atoms with van der Waals surface area (Å²) in [7, 11) is 8.75. The maximum absolute atomic E-state index is 12.4. The number of hydrogen-bond donors (Lipinski definition) is 2. The molecule has 31 heavy (non-hydrogen) atoms. The second-order valence-corrected chi connectivity index (χ2v) is 7.52. The highest BCUT2D eigenvalue weighted by Gasteiger charge is 2.19. The predicted octanol–water partition coefficient (Wildman–Crippen LogP) is 1.24. The number of nitrogens with zero attached hydrogens (tertiary/aromatic N) is 3. The first-order chi connectivity index (χ1) is 14.7. The lowest BCUT2D eigenvalue weighted by Crippen LogP contribution is -2.40. The number of carbonyl (C=O) groups is 2. The molecule has 0 spiro atoms. The van der Waals surface area contributed by atoms with E-state index >= 15 is 0 Å². The van der Waals surface area contributed by atoms with Crippen molar-refractivity contribution in [2.75, 3.05) is 33.1 Å². The first kappa shape index (κ1) is 22.1. The summed E-state index contributed by atoms with van der Waals surface area (Å²) in [6, 6.07) is 12.5. The fourth-order valence-corrected chi connectivity index (χ4v) is 3.47. The Hall–Kier alpha value is -3.59. The predicted molar refractivity (Wildman–Crippen MR) is 119 cm³/mol. The number of amides is 2. The van der Waals surface area contributed by atoms with Crippen molar-refractivity contribution in [3.8, 4) is 5.75 Å². The van der Waals surface area contributed by atoms with Gasteiger partial charge in [0.2, 0.25) is 0 Å². The molecule has 1 heterocycles. The van der Waals surface area contributed by atoms with Crippen LogP contribution in [0.25, 0.3) is 11.0 Å². The molecule has 2 aromatic carbocycles. The standard InChI is InChI=1S/C22H27N5O4/c1-25(2)19(14-6-9-16(31-5)10-7-14)13-23-20(28)21(29)24-15-8-11-17-18(12-15)27(4)22(30)26(17)3/h6-12,19H,13H2,1-5H3,(H,23,28)(H,24,29). The van der Waals surface area contributed by atoms with Gasteiger partial charge in [-0.05, 0) is 50.0 Å². The van der Waals surface area contributed by atoms with E-state index in [0.717, 1.165) is 16.8 Å². The lowest BCUT2D eigenvalue weighted by atomic mass is 10.1. The van der Waals surface area contributed by atoms with Crippen LogP contribution in [0.3, 0.4) is 0 Å². The van der Waals surface area contributed by atoms with Crippen molar-refractivity contribution in [1.29, 1.82) is 0 Å². The topological polar surface area (TPSA) is 97.6 Å². The smallest absolute Gasteiger partial charge is 0.328 e. The summed E-state index contributed by atoms with van der Waals surface area (Å²) in [6.07, 6.45) is 0. The molecule has 1 unspecified atom stereocenters. The lowest BCUT2D eigenvalue weighted by Gasteiger charge is -2.25. The van der Waals surface area contributed by atoms with Crippen LogP contribution in [-0.4, -0.2) is 53.6 Å². The minimum atomic E-state index is -0.771. The maximum atomic E-state index is 12.4. The van der Waals surface area contributed by atoms with Gasteiger partial charge in [-0.25, -0.2) is 4.79 Å². The van der Waals surface area contributed by atoms with Gasteiger partial charge < -0.3 is 20.3 Å². The quantitative estimate of drug-likeness (QED) is 0.579. The Balaban J connectivity index is 1.66. The van der Waals surface area contributed by atoms with E-state index < -0.39 is 11.8 Å². The Kier molecular flexibility index (Phi) is 6.45. The number of rotatable bonds is 6. The molecule has 9 nitrogen and oxygen atoms in total. The van der Waals surface area contributed by atoms with Gasteiger partial charge in [0.15, 0.2) is 0 Å². The van der Waals surface area contributed by atoms with Crippen molar-refractivity contribution < 1.29 is 14.3 Å². The van der Waals surface area contributed by atoms with Gasteiger partial charge in [-0.15, -0.1) is 0 Å². The number of fused-ring (bicyclic) bond motifs is 1. The maximum Gasteiger partial charge on any atom is 0.328 e. The minimum Gasteiger partial charge on any atom is -0.497 e. The average Bonchev–Trinajstić information content (AvgIpc) is 2.97. The zero-order valence-electron chi connectivity index (χ0n) is 18.3. The van der Waals surface area contributed by atoms with Gasteiger partial charge in [-0.2, -0.15) is 0 Å². The Morgan fingerprint density at radius 3 is 2.26 bits per heavy atom. The van der Waals surface area contributed by atoms with E-state index in [1.807, 2.05) is 43.3 Å². The summed E-state index contributed by atoms with van der Waals surface area (Å²) >= 11 is 0. The highest BCUT2D eigenvalue weighted by atomic mass is 16.5. The third-order valence-corrected chi connectivity index (χ3v) is 5.32. The molecular formula is C22H27N5O4. The second-order valence-electron chi connectivity index (χ2n) is 7.52. The number of aromatic nitrogens is 2. The second kappa shape index (κ2) is 9.05. The number of benzene rings is 2. The van der Waals surface area contributed by atoms with Gasteiger partial charge >= 0.3 is 17.5 Å². The van der Waals surface area contributed by atoms with Crippen molar-refractivity contribution in [1.82, 2.24) is 19.4 Å². The number of methoxy groups -OCH3 is 1. The van der Waals surface area contributed by atoms with Gasteiger partial charge in [-0.1, -0.05) is 12.1 Å². The summed E-state index contributed by atoms with van der Waals surface area (Å²) < 4.78 is 8.19. The Bertz CT molecular complexity index is 1160. The summed E-state index contributed by atoms with van der Waals surface area (Å²) in [4.78, 5) is 38.8. The van der Waals surface area contributed by atoms with Crippen LogP contribution in [0.15, 0.2) is 47.3 Å². The normalized spacial score (nSPS) is 12.1. The first-order valence-electron chi connectivity index (χ1n) is 9.78. The molecule has 0 aliphatic heterocycles. The molecule has 9 heteroatoms. The largest absolute Gasteiger partial charge is 0.497 e. The molecule has 1 aromatic heterocycles. The fraction of sp³-hybridized carbons (Fsp3) is 0.318. The van der Waals surface area contributed by atoms with Crippen molar-refractivity contribution in [2.24, 2.45) is 14.1 Å². The molecule has 164 valence electrons. The molecule has 3 rings (SSSR count). The van der Waals surface area contributed by atoms with Gasteiger partial charge in [0, 0.05) is 26.3 Å². The number of hydrogen-bond acceptors (Lipinski definition) is 5. The fourth-order valence-electron chi connectivity index (χ4n) is 3.47. The highest BCUT2D eigenvalue weighted by Crippen LogP contribution is 2.21. The molecular weight excluding hydrogens is 398 g/mol. The SMILES string of the molecule is COc1ccc(C(CNC(=O)C(=O)Nc2ccc3c(c2)n(C)c(=O)n3C)N(C)C)cc1. The molecule has 1 atom stereocenters. The molecule has 0 radical (unpaired) electrons. The van der Waals surface area contributed by atoms with Crippen LogP contribution < -0.4 is 21.1 Å². The molecule has 2 amide bonds. The van der Waals surface area contributed by atoms with E-state index in [9.17, 15) is 14.4 Å². The van der Waals surface area contributed by atoms with E-state index in [1.165, 1.54) is 9.13 Å². The van der Waals surface area contributed by atoms with Crippen LogP contribution in [0, 0.1) is 0 Å². The van der Waals surface area contributed by atoms with E-state index in [1.54, 1.807) is 39.4 Å². The summed E-state index contributed by atoms with van der Waals surface area (Å²) in [6.45, 7) is 0.262. The van der Waals surface area contributed by atoms with Gasteiger partial charge in [0.25, 0.3) is 0 Å². The first-order valence-corrected chi connectivity index (χ1v) is 9.78. The number of anilines is 1. The van der Waals surface area contributed by atoms with Crippen molar-refractivity contribution in [3.05, 3.63) is 58.5 Å². The van der Waals surface area contributed by atoms with Crippen LogP contribution in [-0.2, 0) is 23.7 Å². The summed E-state index contributed by atoms with van der Waals surface area (Å²) in [5.41, 5.74) is 2.67. The third kappa shape index (κ3) is 4.61. The van der Waals surface area contributed by atoms with Crippen LogP contribution in [0.4, 0.5) is 5.69 Å². The number of nitrogens with one attached hydrogen (secondary N) is 2. The summed E-state index contributed by atoms with van der Waals surface area (Å²) in [5.74, 6) is -0.757. The molecule has 0 saturated heterocycles. The summed E-state index contributed by atoms with van der Waals surface area (Å²) in [5, 5.41) is 5.28. The molecule has 0 bridgehead atoms. The van der Waals surface area contributed by atoms with Gasteiger partial charge in [0.05, 0.1) is 24.2 Å². The zero-order chi connectivity index (χ0) is 22.7. The van der Waals surface area contributed by atoms with Crippen LogP contribution in [0.1, 0.15) is 11.6 Å². The van der Waals surface area contributed by atoms with Crippen LogP contribution in [0.5, 0.6) is 5.75 Å². The van der Waals surface area contributed by atoms with Gasteiger partial charge in [-0.3, -0.25) is 18.7 Å². The number of carbonyl (C=O) groups excluding carboxylic acids is 2. The molecule has 0 fully saturated rings. The van der Waals surface area contributed by atoms with E-state index in [2.05, 4.69) is 10.6 Å². The Labute approximate surface area is 180 Å². The van der Waals surface area contributed by atoms with Crippen molar-refractivity contribution in [3.63, 3.8) is 0 Å². The van der Waals surface area contributed by atoms with Crippen molar-refractivity contribution >= 4 is 28.5 Å². The van der Waals surface area contributed by atoms with Crippen LogP contribution in [0.2, 0.25) is 0 Å². The molecule has 0 aliphatic carbocycles. The zero-order valence-corrected chi connectivity index (χ0v) is 18.3. The number of ether oxygens (including phenoxy) is 1. The molecule has 0 aliphatic rings. The Morgan fingerprint density at radius 2 is 1.65 bits per heavy atom. The number of imidazole rings is 1.